The molecule has 156 valence electrons. The maximum Gasteiger partial charge on any atom is 0.292 e. The number of para-hydroxylation sites is 1. The number of ether oxygens (including phenoxy) is 1. The molecule has 0 fully saturated rings. The fourth-order valence-corrected chi connectivity index (χ4v) is 2.69. The molecular weight excluding hydrogens is 400 g/mol. The van der Waals surface area contributed by atoms with Gasteiger partial charge in [-0.05, 0) is 28.0 Å². The number of carbonyl (C=O) groups excluding carboxylic acids is 1. The summed E-state index contributed by atoms with van der Waals surface area (Å²) in [7, 11) is 0. The molecule has 1 amide bonds. The van der Waals surface area contributed by atoms with Gasteiger partial charge in [0.25, 0.3) is 5.91 Å². The van der Waals surface area contributed by atoms with Crippen LogP contribution in [0.1, 0.15) is 21.7 Å². The number of nitrogens with zero attached hydrogens (tertiary/aromatic N) is 5. The van der Waals surface area contributed by atoms with Crippen molar-refractivity contribution in [2.75, 3.05) is 5.73 Å². The highest BCUT2D eigenvalue weighted by Crippen LogP contribution is 2.18. The van der Waals surface area contributed by atoms with Crippen LogP contribution in [0, 0.1) is 0 Å². The van der Waals surface area contributed by atoms with E-state index in [4.69, 9.17) is 10.5 Å². The monoisotopic (exact) mass is 418 g/mol. The second-order valence-corrected chi connectivity index (χ2v) is 6.30. The van der Waals surface area contributed by atoms with Crippen LogP contribution in [0.5, 0.6) is 5.75 Å². The largest absolute Gasteiger partial charge is 0.487 e. The molecule has 0 radical (unpaired) electrons. The normalized spacial score (nSPS) is 10.5. The molecule has 11 nitrogen and oxygen atoms in total. The van der Waals surface area contributed by atoms with Gasteiger partial charge in [0.2, 0.25) is 11.6 Å². The average molecular weight is 418 g/mol. The van der Waals surface area contributed by atoms with E-state index in [1.165, 1.54) is 4.68 Å². The van der Waals surface area contributed by atoms with Crippen molar-refractivity contribution in [3.8, 4) is 11.6 Å². The fraction of sp³-hybridized carbons (Fsp3) is 0.0500. The Morgan fingerprint density at radius 2 is 1.77 bits per heavy atom. The van der Waals surface area contributed by atoms with E-state index in [0.29, 0.717) is 17.1 Å². The molecule has 0 spiro atoms. The van der Waals surface area contributed by atoms with Crippen LogP contribution in [0.25, 0.3) is 11.5 Å². The Kier molecular flexibility index (Phi) is 5.56. The van der Waals surface area contributed by atoms with Crippen LogP contribution in [0.3, 0.4) is 0 Å². The zero-order chi connectivity index (χ0) is 21.6. The van der Waals surface area contributed by atoms with Gasteiger partial charge in [-0.25, -0.2) is 4.63 Å². The van der Waals surface area contributed by atoms with E-state index in [0.717, 1.165) is 5.56 Å². The van der Waals surface area contributed by atoms with Gasteiger partial charge in [-0.1, -0.05) is 60.3 Å². The number of nitrogens with one attached hydrogen (secondary N) is 2. The number of carbonyl (C=O) groups is 1. The van der Waals surface area contributed by atoms with Gasteiger partial charge in [0.15, 0.2) is 5.69 Å². The maximum absolute atomic E-state index is 12.8. The molecule has 4 aromatic rings. The van der Waals surface area contributed by atoms with Crippen LogP contribution in [-0.2, 0) is 6.61 Å². The molecule has 2 heterocycles. The average Bonchev–Trinajstić information content (AvgIpc) is 3.42. The molecule has 4 N–H and O–H groups in total. The topological polar surface area (TPSA) is 146 Å². The summed E-state index contributed by atoms with van der Waals surface area (Å²) in [6, 6.07) is 18.4. The van der Waals surface area contributed by atoms with Crippen molar-refractivity contribution in [3.05, 3.63) is 84.2 Å². The fourth-order valence-electron chi connectivity index (χ4n) is 2.69. The maximum atomic E-state index is 12.8. The molecule has 2 aromatic heterocycles. The zero-order valence-electron chi connectivity index (χ0n) is 16.2. The molecule has 31 heavy (non-hydrogen) atoms. The molecule has 0 unspecified atom stereocenters. The molecule has 0 saturated heterocycles. The summed E-state index contributed by atoms with van der Waals surface area (Å²) in [5.74, 6) is 0.140. The van der Waals surface area contributed by atoms with Gasteiger partial charge >= 0.3 is 0 Å². The third kappa shape index (κ3) is 4.34. The Balaban J connectivity index is 1.56. The van der Waals surface area contributed by atoms with Gasteiger partial charge in [-0.3, -0.25) is 15.6 Å². The highest BCUT2D eigenvalue weighted by atomic mass is 16.6. The predicted octanol–water partition coefficient (Wildman–Crippen LogP) is 1.72. The lowest BCUT2D eigenvalue weighted by Crippen LogP contribution is -2.36. The quantitative estimate of drug-likeness (QED) is 0.364. The number of anilines is 1. The van der Waals surface area contributed by atoms with Crippen LogP contribution in [0.4, 0.5) is 5.82 Å². The Hall–Kier alpha value is -4.67. The van der Waals surface area contributed by atoms with E-state index >= 15 is 0 Å². The van der Waals surface area contributed by atoms with E-state index in [9.17, 15) is 4.79 Å². The minimum Gasteiger partial charge on any atom is -0.487 e. The van der Waals surface area contributed by atoms with E-state index in [1.807, 2.05) is 48.5 Å². The Bertz CT molecular complexity index is 1190. The van der Waals surface area contributed by atoms with E-state index in [1.54, 1.807) is 12.1 Å². The lowest BCUT2D eigenvalue weighted by molar-refractivity contribution is 0.0934. The first kappa shape index (κ1) is 19.6. The Morgan fingerprint density at radius 3 is 2.45 bits per heavy atom. The summed E-state index contributed by atoms with van der Waals surface area (Å²) in [4.78, 5) is 12.8. The zero-order valence-corrected chi connectivity index (χ0v) is 16.2. The molecule has 0 aliphatic rings. The van der Waals surface area contributed by atoms with E-state index < -0.39 is 5.91 Å². The molecule has 2 aromatic carbocycles. The summed E-state index contributed by atoms with van der Waals surface area (Å²) in [6.45, 7) is 3.87. The smallest absolute Gasteiger partial charge is 0.292 e. The van der Waals surface area contributed by atoms with Crippen LogP contribution < -0.4 is 21.3 Å². The summed E-state index contributed by atoms with van der Waals surface area (Å²) < 4.78 is 11.7. The third-order valence-corrected chi connectivity index (χ3v) is 4.24. The molecule has 0 aliphatic heterocycles. The van der Waals surface area contributed by atoms with E-state index in [-0.39, 0.29) is 23.9 Å². The van der Waals surface area contributed by atoms with Crippen LogP contribution >= 0.6 is 0 Å². The second kappa shape index (κ2) is 8.78. The van der Waals surface area contributed by atoms with Gasteiger partial charge in [0.1, 0.15) is 18.1 Å². The number of nitrogen functional groups attached to an aromatic ring is 1. The van der Waals surface area contributed by atoms with Crippen molar-refractivity contribution in [1.29, 1.82) is 0 Å². The third-order valence-electron chi connectivity index (χ3n) is 4.24. The number of nitrogens with two attached hydrogens (primary N) is 1. The van der Waals surface area contributed by atoms with Gasteiger partial charge in [-0.2, -0.15) is 4.68 Å². The Labute approximate surface area is 176 Å². The van der Waals surface area contributed by atoms with Crippen molar-refractivity contribution in [2.45, 2.75) is 6.61 Å². The van der Waals surface area contributed by atoms with Crippen molar-refractivity contribution in [2.24, 2.45) is 0 Å². The van der Waals surface area contributed by atoms with Crippen molar-refractivity contribution in [3.63, 3.8) is 0 Å². The molecule has 4 rings (SSSR count). The number of benzene rings is 2. The summed E-state index contributed by atoms with van der Waals surface area (Å²) in [5, 5.41) is 15.2. The van der Waals surface area contributed by atoms with Crippen LogP contribution in [0.2, 0.25) is 0 Å². The van der Waals surface area contributed by atoms with Crippen LogP contribution in [0.15, 0.2) is 71.9 Å². The molecule has 11 heteroatoms. The first-order chi connectivity index (χ1) is 15.1. The number of hydrogen-bond donors (Lipinski definition) is 3. The molecule has 0 saturated carbocycles. The molecule has 0 bridgehead atoms. The van der Waals surface area contributed by atoms with Gasteiger partial charge in [0, 0.05) is 0 Å². The van der Waals surface area contributed by atoms with Crippen molar-refractivity contribution in [1.82, 2.24) is 36.2 Å². The number of rotatable bonds is 8. The Morgan fingerprint density at radius 1 is 1.06 bits per heavy atom. The van der Waals surface area contributed by atoms with Gasteiger partial charge < -0.3 is 10.5 Å². The lowest BCUT2D eigenvalue weighted by Gasteiger charge is -2.11. The minimum absolute atomic E-state index is 0.00611. The van der Waals surface area contributed by atoms with Gasteiger partial charge in [0.05, 0.1) is 5.70 Å². The molecule has 0 aliphatic carbocycles. The first-order valence-corrected chi connectivity index (χ1v) is 9.15. The number of hydrazine groups is 1. The number of amides is 1. The van der Waals surface area contributed by atoms with Crippen molar-refractivity contribution >= 4 is 17.4 Å². The first-order valence-electron chi connectivity index (χ1n) is 9.15. The van der Waals surface area contributed by atoms with Crippen molar-refractivity contribution < 1.29 is 14.2 Å². The van der Waals surface area contributed by atoms with E-state index in [2.05, 4.69) is 42.7 Å². The molecular formula is C20H18N8O3. The second-order valence-electron chi connectivity index (χ2n) is 6.30. The molecule has 0 atom stereocenters. The SMILES string of the molecule is C=C(NNC(=O)c1nnn(-c2nonc2N)c1COc1ccccc1)c1ccccc1. The summed E-state index contributed by atoms with van der Waals surface area (Å²) in [6.07, 6.45) is 0. The highest BCUT2D eigenvalue weighted by molar-refractivity contribution is 5.93. The van der Waals surface area contributed by atoms with Gasteiger partial charge in [-0.15, -0.1) is 5.10 Å². The summed E-state index contributed by atoms with van der Waals surface area (Å²) in [5.41, 5.74) is 12.7. The lowest BCUT2D eigenvalue weighted by atomic mass is 10.2. The highest BCUT2D eigenvalue weighted by Gasteiger charge is 2.24. The minimum atomic E-state index is -0.551. The number of hydrogen-bond acceptors (Lipinski definition) is 9. The van der Waals surface area contributed by atoms with Crippen LogP contribution in [-0.4, -0.2) is 31.2 Å². The number of aromatic nitrogens is 5. The standard InChI is InChI=1S/C20H18N8O3/c1-13(14-8-4-2-5-9-14)22-24-20(29)17-16(12-30-15-10-6-3-7-11-15)28(27-23-17)19-18(21)25-31-26-19/h2-11,22H,1,12H2,(H2,21,25)(H,24,29). The predicted molar refractivity (Wildman–Crippen MR) is 110 cm³/mol. The summed E-state index contributed by atoms with van der Waals surface area (Å²) >= 11 is 0.